The standard InChI is InChI=1S/C24H18N4O3S/c1-3-31-24(30)23-15(2)19(13-27)22(32-23)11-21(29)16(12-26)10-17-14-28(9-8-25)20-7-5-4-6-18(17)20/h4-7,10,14H,3,9,11H2,1-2H3/b16-10+. The molecule has 0 spiro atoms. The maximum Gasteiger partial charge on any atom is 0.348 e. The van der Waals surface area contributed by atoms with Gasteiger partial charge in [-0.05, 0) is 31.6 Å². The number of benzene rings is 1. The number of carbonyl (C=O) groups excluding carboxylic acids is 2. The zero-order chi connectivity index (χ0) is 23.3. The Morgan fingerprint density at radius 1 is 1.22 bits per heavy atom. The minimum absolute atomic E-state index is 0.0718. The molecule has 0 aliphatic heterocycles. The van der Waals surface area contributed by atoms with Gasteiger partial charge < -0.3 is 9.30 Å². The van der Waals surface area contributed by atoms with Crippen molar-refractivity contribution in [3.05, 3.63) is 62.5 Å². The SMILES string of the molecule is CCOC(=O)c1sc(CC(=O)/C(C#N)=C/c2cn(CC#N)c3ccccc23)c(C#N)c1C. The maximum atomic E-state index is 12.9. The molecule has 0 bridgehead atoms. The average molecular weight is 443 g/mol. The number of allylic oxidation sites excluding steroid dienone is 1. The molecule has 0 radical (unpaired) electrons. The van der Waals surface area contributed by atoms with Gasteiger partial charge in [0.2, 0.25) is 0 Å². The molecule has 8 heteroatoms. The molecule has 0 saturated carbocycles. The van der Waals surface area contributed by atoms with Crippen LogP contribution in [-0.2, 0) is 22.5 Å². The van der Waals surface area contributed by atoms with E-state index < -0.39 is 11.8 Å². The summed E-state index contributed by atoms with van der Waals surface area (Å²) in [6, 6.07) is 13.5. The highest BCUT2D eigenvalue weighted by molar-refractivity contribution is 7.14. The van der Waals surface area contributed by atoms with Gasteiger partial charge in [0.25, 0.3) is 0 Å². The summed E-state index contributed by atoms with van der Waals surface area (Å²) in [5, 5.41) is 29.0. The zero-order valence-electron chi connectivity index (χ0n) is 17.5. The molecule has 0 N–H and O–H groups in total. The maximum absolute atomic E-state index is 12.9. The third-order valence-corrected chi connectivity index (χ3v) is 6.17. The second-order valence-electron chi connectivity index (χ2n) is 6.84. The topological polar surface area (TPSA) is 120 Å². The molecule has 0 atom stereocenters. The summed E-state index contributed by atoms with van der Waals surface area (Å²) in [6.45, 7) is 3.67. The molecule has 3 rings (SSSR count). The van der Waals surface area contributed by atoms with Crippen LogP contribution < -0.4 is 0 Å². The predicted octanol–water partition coefficient (Wildman–Crippen LogP) is 4.30. The Bertz CT molecular complexity index is 1370. The molecular formula is C24H18N4O3S. The van der Waals surface area contributed by atoms with Crippen molar-refractivity contribution in [1.29, 1.82) is 15.8 Å². The number of nitriles is 3. The molecule has 0 aliphatic carbocycles. The molecule has 0 aliphatic rings. The number of Topliss-reactive ketones (excluding diaryl/α,β-unsaturated/α-hetero) is 1. The number of ether oxygens (including phenoxy) is 1. The van der Waals surface area contributed by atoms with Crippen LogP contribution in [0, 0.1) is 40.9 Å². The lowest BCUT2D eigenvalue weighted by atomic mass is 10.0. The predicted molar refractivity (Wildman–Crippen MR) is 120 cm³/mol. The van der Waals surface area contributed by atoms with Gasteiger partial charge in [0.15, 0.2) is 5.78 Å². The first-order chi connectivity index (χ1) is 15.4. The zero-order valence-corrected chi connectivity index (χ0v) is 18.3. The Kier molecular flexibility index (Phi) is 6.85. The number of fused-ring (bicyclic) bond motifs is 1. The van der Waals surface area contributed by atoms with E-state index in [9.17, 15) is 20.1 Å². The number of hydrogen-bond donors (Lipinski definition) is 0. The second-order valence-corrected chi connectivity index (χ2v) is 7.95. The lowest BCUT2D eigenvalue weighted by molar-refractivity contribution is -0.114. The van der Waals surface area contributed by atoms with Gasteiger partial charge in [-0.15, -0.1) is 11.3 Å². The van der Waals surface area contributed by atoms with Gasteiger partial charge in [0.05, 0.1) is 23.8 Å². The van der Waals surface area contributed by atoms with Crippen molar-refractivity contribution in [2.24, 2.45) is 0 Å². The van der Waals surface area contributed by atoms with E-state index in [0.717, 1.165) is 22.2 Å². The quantitative estimate of drug-likeness (QED) is 0.306. The molecule has 158 valence electrons. The van der Waals surface area contributed by atoms with Gasteiger partial charge in [-0.2, -0.15) is 15.8 Å². The molecule has 1 aromatic carbocycles. The number of carbonyl (C=O) groups is 2. The summed E-state index contributed by atoms with van der Waals surface area (Å²) >= 11 is 1.04. The van der Waals surface area contributed by atoms with Crippen LogP contribution in [0.25, 0.3) is 17.0 Å². The highest BCUT2D eigenvalue weighted by Crippen LogP contribution is 2.30. The molecule has 2 heterocycles. The van der Waals surface area contributed by atoms with E-state index in [1.165, 1.54) is 6.08 Å². The molecule has 2 aromatic heterocycles. The van der Waals surface area contributed by atoms with Crippen molar-refractivity contribution >= 4 is 40.1 Å². The van der Waals surface area contributed by atoms with E-state index in [-0.39, 0.29) is 35.6 Å². The van der Waals surface area contributed by atoms with E-state index in [2.05, 4.69) is 6.07 Å². The lowest BCUT2D eigenvalue weighted by Gasteiger charge is -1.99. The summed E-state index contributed by atoms with van der Waals surface area (Å²) in [6.07, 6.45) is 3.05. The minimum atomic E-state index is -0.536. The number of aromatic nitrogens is 1. The van der Waals surface area contributed by atoms with Gasteiger partial charge in [-0.25, -0.2) is 4.79 Å². The van der Waals surface area contributed by atoms with Crippen molar-refractivity contribution in [3.8, 4) is 18.2 Å². The Labute approximate surface area is 189 Å². The number of hydrogen-bond acceptors (Lipinski definition) is 7. The molecular weight excluding hydrogens is 424 g/mol. The van der Waals surface area contributed by atoms with Gasteiger partial charge in [0.1, 0.15) is 23.6 Å². The highest BCUT2D eigenvalue weighted by atomic mass is 32.1. The average Bonchev–Trinajstić information content (AvgIpc) is 3.29. The number of thiophene rings is 1. The summed E-state index contributed by atoms with van der Waals surface area (Å²) < 4.78 is 6.78. The van der Waals surface area contributed by atoms with Crippen molar-refractivity contribution < 1.29 is 14.3 Å². The van der Waals surface area contributed by atoms with Crippen LogP contribution in [-0.4, -0.2) is 22.9 Å². The first kappa shape index (κ1) is 22.5. The third-order valence-electron chi connectivity index (χ3n) is 4.89. The molecule has 0 fully saturated rings. The second kappa shape index (κ2) is 9.75. The number of esters is 1. The fourth-order valence-electron chi connectivity index (χ4n) is 3.40. The summed E-state index contributed by atoms with van der Waals surface area (Å²) in [7, 11) is 0. The van der Waals surface area contributed by atoms with Gasteiger partial charge in [-0.3, -0.25) is 4.79 Å². The van der Waals surface area contributed by atoms with E-state index in [1.807, 2.05) is 36.4 Å². The fourth-order valence-corrected chi connectivity index (χ4v) is 4.55. The summed E-state index contributed by atoms with van der Waals surface area (Å²) in [5.74, 6) is -0.996. The van der Waals surface area contributed by atoms with Crippen LogP contribution in [0.15, 0.2) is 36.0 Å². The third kappa shape index (κ3) is 4.30. The fraction of sp³-hybridized carbons (Fsp3) is 0.208. The van der Waals surface area contributed by atoms with Crippen LogP contribution in [0.4, 0.5) is 0 Å². The molecule has 0 unspecified atom stereocenters. The van der Waals surface area contributed by atoms with Crippen LogP contribution >= 0.6 is 11.3 Å². The Morgan fingerprint density at radius 3 is 2.62 bits per heavy atom. The van der Waals surface area contributed by atoms with Gasteiger partial charge >= 0.3 is 5.97 Å². The monoisotopic (exact) mass is 442 g/mol. The van der Waals surface area contributed by atoms with Gasteiger partial charge in [0, 0.05) is 34.0 Å². The van der Waals surface area contributed by atoms with Crippen LogP contribution in [0.5, 0.6) is 0 Å². The van der Waals surface area contributed by atoms with Crippen LogP contribution in [0.2, 0.25) is 0 Å². The van der Waals surface area contributed by atoms with Crippen molar-refractivity contribution in [1.82, 2.24) is 4.57 Å². The molecule has 32 heavy (non-hydrogen) atoms. The van der Waals surface area contributed by atoms with Crippen molar-refractivity contribution in [2.45, 2.75) is 26.8 Å². The van der Waals surface area contributed by atoms with Crippen molar-refractivity contribution in [3.63, 3.8) is 0 Å². The Balaban J connectivity index is 1.97. The lowest BCUT2D eigenvalue weighted by Crippen LogP contribution is -2.05. The molecule has 7 nitrogen and oxygen atoms in total. The van der Waals surface area contributed by atoms with E-state index in [4.69, 9.17) is 10.00 Å². The van der Waals surface area contributed by atoms with E-state index in [1.54, 1.807) is 24.6 Å². The Hall–Kier alpha value is -4.19. The minimum Gasteiger partial charge on any atom is -0.462 e. The number of ketones is 1. The number of para-hydroxylation sites is 1. The van der Waals surface area contributed by atoms with Gasteiger partial charge in [-0.1, -0.05) is 18.2 Å². The van der Waals surface area contributed by atoms with E-state index in [0.29, 0.717) is 16.0 Å². The number of nitrogens with zero attached hydrogens (tertiary/aromatic N) is 4. The summed E-state index contributed by atoms with van der Waals surface area (Å²) in [4.78, 5) is 25.8. The molecule has 0 saturated heterocycles. The molecule has 0 amide bonds. The number of rotatable bonds is 7. The first-order valence-electron chi connectivity index (χ1n) is 9.74. The normalized spacial score (nSPS) is 10.9. The van der Waals surface area contributed by atoms with Crippen molar-refractivity contribution in [2.75, 3.05) is 6.61 Å². The van der Waals surface area contributed by atoms with E-state index >= 15 is 0 Å². The first-order valence-corrected chi connectivity index (χ1v) is 10.6. The molecule has 3 aromatic rings. The smallest absolute Gasteiger partial charge is 0.348 e. The largest absolute Gasteiger partial charge is 0.462 e. The van der Waals surface area contributed by atoms with Crippen LogP contribution in [0.1, 0.15) is 38.2 Å². The Morgan fingerprint density at radius 2 is 1.97 bits per heavy atom. The highest BCUT2D eigenvalue weighted by Gasteiger charge is 2.23. The van der Waals surface area contributed by atoms with Crippen LogP contribution in [0.3, 0.4) is 0 Å². The summed E-state index contributed by atoms with van der Waals surface area (Å²) in [5.41, 5.74) is 2.13.